The van der Waals surface area contributed by atoms with Crippen LogP contribution >= 0.6 is 0 Å². The summed E-state index contributed by atoms with van der Waals surface area (Å²) in [5, 5.41) is 26.4. The molecule has 0 amide bonds. The topological polar surface area (TPSA) is 94.8 Å². The predicted octanol–water partition coefficient (Wildman–Crippen LogP) is 1.99. The number of rotatable bonds is 4. The first-order chi connectivity index (χ1) is 7.40. The van der Waals surface area contributed by atoms with Crippen LogP contribution in [0.25, 0.3) is 0 Å². The molecule has 1 atom stereocenters. The van der Waals surface area contributed by atoms with E-state index >= 15 is 0 Å². The summed E-state index contributed by atoms with van der Waals surface area (Å²) in [6, 6.07) is 0. The van der Waals surface area contributed by atoms with Crippen LogP contribution in [0.1, 0.15) is 48.0 Å². The molecular formula is C12H24O5. The molecule has 0 aliphatic carbocycles. The molecule has 0 saturated heterocycles. The van der Waals surface area contributed by atoms with Gasteiger partial charge in [-0.1, -0.05) is 20.8 Å². The maximum Gasteiger partial charge on any atom is 0.311 e. The van der Waals surface area contributed by atoms with Gasteiger partial charge < -0.3 is 15.3 Å². The molecule has 0 bridgehead atoms. The third-order valence-electron chi connectivity index (χ3n) is 3.06. The molecule has 0 spiro atoms. The molecule has 0 aliphatic heterocycles. The first-order valence-corrected chi connectivity index (χ1v) is 5.58. The number of carbonyl (C=O) groups is 2. The Morgan fingerprint density at radius 3 is 1.47 bits per heavy atom. The third kappa shape index (κ3) is 5.68. The maximum absolute atomic E-state index is 10.7. The second-order valence-electron chi connectivity index (χ2n) is 5.05. The van der Waals surface area contributed by atoms with Crippen LogP contribution in [0.4, 0.5) is 0 Å². The standard InChI is InChI=1S/C8H16O3.C4H8O2/c1-5-8(4,11)7(2,3)6(9)10;1-3(2)4(5)6/h11H,5H2,1-4H3,(H,9,10);3H,1-2H3,(H,5,6). The van der Waals surface area contributed by atoms with Crippen molar-refractivity contribution in [3.63, 3.8) is 0 Å². The molecule has 0 aromatic heterocycles. The molecule has 0 radical (unpaired) electrons. The summed E-state index contributed by atoms with van der Waals surface area (Å²) in [5.74, 6) is -1.94. The summed E-state index contributed by atoms with van der Waals surface area (Å²) >= 11 is 0. The zero-order valence-electron chi connectivity index (χ0n) is 11.4. The van der Waals surface area contributed by atoms with E-state index in [-0.39, 0.29) is 5.92 Å². The van der Waals surface area contributed by atoms with E-state index in [9.17, 15) is 14.7 Å². The molecule has 0 fully saturated rings. The lowest BCUT2D eigenvalue weighted by atomic mass is 9.74. The van der Waals surface area contributed by atoms with Gasteiger partial charge in [-0.2, -0.15) is 0 Å². The second-order valence-corrected chi connectivity index (χ2v) is 5.05. The van der Waals surface area contributed by atoms with Crippen molar-refractivity contribution in [2.24, 2.45) is 11.3 Å². The molecule has 0 aromatic carbocycles. The summed E-state index contributed by atoms with van der Waals surface area (Å²) in [6.07, 6.45) is 0.437. The lowest BCUT2D eigenvalue weighted by Crippen LogP contribution is -2.46. The molecule has 1 unspecified atom stereocenters. The van der Waals surface area contributed by atoms with Gasteiger partial charge in [0, 0.05) is 0 Å². The van der Waals surface area contributed by atoms with Crippen LogP contribution in [0, 0.1) is 11.3 Å². The van der Waals surface area contributed by atoms with Gasteiger partial charge in [-0.05, 0) is 27.2 Å². The van der Waals surface area contributed by atoms with Gasteiger partial charge in [0.15, 0.2) is 0 Å². The molecule has 5 heteroatoms. The zero-order chi connectivity index (χ0) is 14.4. The van der Waals surface area contributed by atoms with Gasteiger partial charge in [0.05, 0.1) is 16.9 Å². The molecule has 0 heterocycles. The zero-order valence-corrected chi connectivity index (χ0v) is 11.4. The van der Waals surface area contributed by atoms with Crippen LogP contribution in [-0.2, 0) is 9.59 Å². The molecule has 0 aromatic rings. The van der Waals surface area contributed by atoms with Gasteiger partial charge in [0.2, 0.25) is 0 Å². The lowest BCUT2D eigenvalue weighted by Gasteiger charge is -2.35. The van der Waals surface area contributed by atoms with Crippen LogP contribution in [0.5, 0.6) is 0 Å². The highest BCUT2D eigenvalue weighted by atomic mass is 16.4. The quantitative estimate of drug-likeness (QED) is 0.707. The highest BCUT2D eigenvalue weighted by Gasteiger charge is 2.44. The average Bonchev–Trinajstić information content (AvgIpc) is 2.17. The molecule has 0 saturated carbocycles. The molecule has 17 heavy (non-hydrogen) atoms. The van der Waals surface area contributed by atoms with Gasteiger partial charge in [0.1, 0.15) is 0 Å². The molecule has 5 nitrogen and oxygen atoms in total. The number of hydrogen-bond donors (Lipinski definition) is 3. The Kier molecular flexibility index (Phi) is 7.08. The number of aliphatic hydroxyl groups is 1. The van der Waals surface area contributed by atoms with Gasteiger partial charge in [-0.25, -0.2) is 0 Å². The first-order valence-electron chi connectivity index (χ1n) is 5.58. The van der Waals surface area contributed by atoms with E-state index in [1.807, 2.05) is 0 Å². The Balaban J connectivity index is 0. The van der Waals surface area contributed by atoms with Crippen LogP contribution in [-0.4, -0.2) is 32.9 Å². The van der Waals surface area contributed by atoms with Crippen LogP contribution in [0.3, 0.4) is 0 Å². The largest absolute Gasteiger partial charge is 0.481 e. The summed E-state index contributed by atoms with van der Waals surface area (Å²) in [6.45, 7) is 9.65. The van der Waals surface area contributed by atoms with Crippen molar-refractivity contribution in [2.75, 3.05) is 0 Å². The number of carboxylic acid groups (broad SMARTS) is 2. The van der Waals surface area contributed by atoms with Crippen molar-refractivity contribution in [2.45, 2.75) is 53.6 Å². The maximum atomic E-state index is 10.7. The summed E-state index contributed by atoms with van der Waals surface area (Å²) in [5.41, 5.74) is -2.22. The van der Waals surface area contributed by atoms with E-state index in [1.54, 1.807) is 27.7 Å². The van der Waals surface area contributed by atoms with Crippen LogP contribution in [0.15, 0.2) is 0 Å². The van der Waals surface area contributed by atoms with Crippen molar-refractivity contribution in [1.82, 2.24) is 0 Å². The number of hydrogen-bond acceptors (Lipinski definition) is 3. The number of aliphatic carboxylic acids is 2. The van der Waals surface area contributed by atoms with Gasteiger partial charge >= 0.3 is 11.9 Å². The predicted molar refractivity (Wildman–Crippen MR) is 64.8 cm³/mol. The van der Waals surface area contributed by atoms with Crippen molar-refractivity contribution in [3.05, 3.63) is 0 Å². The van der Waals surface area contributed by atoms with E-state index in [2.05, 4.69) is 0 Å². The van der Waals surface area contributed by atoms with E-state index in [4.69, 9.17) is 10.2 Å². The van der Waals surface area contributed by atoms with Crippen LogP contribution < -0.4 is 0 Å². The fourth-order valence-corrected chi connectivity index (χ4v) is 0.672. The fraction of sp³-hybridized carbons (Fsp3) is 0.833. The molecular weight excluding hydrogens is 224 g/mol. The molecule has 3 N–H and O–H groups in total. The second kappa shape index (κ2) is 6.59. The summed E-state index contributed by atoms with van der Waals surface area (Å²) in [4.78, 5) is 20.4. The highest BCUT2D eigenvalue weighted by molar-refractivity contribution is 5.75. The Bertz CT molecular complexity index is 266. The highest BCUT2D eigenvalue weighted by Crippen LogP contribution is 2.33. The van der Waals surface area contributed by atoms with Crippen LogP contribution in [0.2, 0.25) is 0 Å². The van der Waals surface area contributed by atoms with Crippen molar-refractivity contribution < 1.29 is 24.9 Å². The Hall–Kier alpha value is -1.10. The Morgan fingerprint density at radius 2 is 1.41 bits per heavy atom. The Labute approximate surface area is 102 Å². The molecule has 0 aliphatic rings. The van der Waals surface area contributed by atoms with E-state index in [1.165, 1.54) is 13.8 Å². The monoisotopic (exact) mass is 248 g/mol. The van der Waals surface area contributed by atoms with E-state index in [0.717, 1.165) is 0 Å². The minimum atomic E-state index is -1.14. The van der Waals surface area contributed by atoms with Gasteiger partial charge in [-0.15, -0.1) is 0 Å². The SMILES string of the molecule is CC(C)C(=O)O.CCC(C)(O)C(C)(C)C(=O)O. The van der Waals surface area contributed by atoms with E-state index < -0.39 is 23.0 Å². The average molecular weight is 248 g/mol. The third-order valence-corrected chi connectivity index (χ3v) is 3.06. The van der Waals surface area contributed by atoms with Crippen molar-refractivity contribution in [1.29, 1.82) is 0 Å². The van der Waals surface area contributed by atoms with Crippen molar-refractivity contribution in [3.8, 4) is 0 Å². The normalized spacial score (nSPS) is 14.6. The fourth-order valence-electron chi connectivity index (χ4n) is 0.672. The Morgan fingerprint density at radius 1 is 1.12 bits per heavy atom. The minimum Gasteiger partial charge on any atom is -0.481 e. The minimum absolute atomic E-state index is 0.231. The smallest absolute Gasteiger partial charge is 0.311 e. The molecule has 102 valence electrons. The molecule has 0 rings (SSSR count). The number of carboxylic acids is 2. The van der Waals surface area contributed by atoms with E-state index in [0.29, 0.717) is 6.42 Å². The van der Waals surface area contributed by atoms with Gasteiger partial charge in [-0.3, -0.25) is 9.59 Å². The van der Waals surface area contributed by atoms with Crippen molar-refractivity contribution >= 4 is 11.9 Å². The lowest BCUT2D eigenvalue weighted by molar-refractivity contribution is -0.162. The van der Waals surface area contributed by atoms with Gasteiger partial charge in [0.25, 0.3) is 0 Å². The summed E-state index contributed by atoms with van der Waals surface area (Å²) in [7, 11) is 0. The summed E-state index contributed by atoms with van der Waals surface area (Å²) < 4.78 is 0. The first kappa shape index (κ1) is 18.3.